The molecule has 2 N–H and O–H groups in total. The molecule has 1 saturated heterocycles. The molecule has 16 heavy (non-hydrogen) atoms. The second kappa shape index (κ2) is 4.18. The maximum Gasteiger partial charge on any atom is 0.0757 e. The van der Waals surface area contributed by atoms with Gasteiger partial charge in [-0.1, -0.05) is 0 Å². The number of aromatic amines is 1. The Morgan fingerprint density at radius 3 is 3.06 bits per heavy atom. The minimum atomic E-state index is 0.329. The van der Waals surface area contributed by atoms with Crippen molar-refractivity contribution in [2.45, 2.75) is 44.4 Å². The van der Waals surface area contributed by atoms with Gasteiger partial charge in [-0.25, -0.2) is 0 Å². The van der Waals surface area contributed by atoms with E-state index in [4.69, 9.17) is 4.74 Å². The van der Waals surface area contributed by atoms with E-state index < -0.39 is 0 Å². The Kier molecular flexibility index (Phi) is 2.69. The molecule has 3 unspecified atom stereocenters. The lowest BCUT2D eigenvalue weighted by Gasteiger charge is -2.23. The summed E-state index contributed by atoms with van der Waals surface area (Å²) in [6.45, 7) is 3.09. The summed E-state index contributed by atoms with van der Waals surface area (Å²) in [4.78, 5) is 0. The van der Waals surface area contributed by atoms with Crippen LogP contribution in [0.3, 0.4) is 0 Å². The summed E-state index contributed by atoms with van der Waals surface area (Å²) in [5, 5.41) is 10.7. The highest BCUT2D eigenvalue weighted by Gasteiger charge is 2.40. The first-order valence-corrected chi connectivity index (χ1v) is 6.21. The third-order valence-electron chi connectivity index (χ3n) is 3.68. The smallest absolute Gasteiger partial charge is 0.0757 e. The number of hydrogen-bond acceptors (Lipinski definition) is 3. The van der Waals surface area contributed by atoms with Gasteiger partial charge in [0.05, 0.1) is 11.8 Å². The van der Waals surface area contributed by atoms with Crippen LogP contribution in [-0.2, 0) is 4.74 Å². The van der Waals surface area contributed by atoms with Crippen LogP contribution in [0.2, 0.25) is 0 Å². The average Bonchev–Trinajstić information content (AvgIpc) is 2.83. The maximum absolute atomic E-state index is 5.82. The Balaban J connectivity index is 1.61. The van der Waals surface area contributed by atoms with Gasteiger partial charge < -0.3 is 10.1 Å². The fraction of sp³-hybridized carbons (Fsp3) is 0.750. The van der Waals surface area contributed by atoms with Crippen LogP contribution in [0, 0.1) is 5.92 Å². The van der Waals surface area contributed by atoms with E-state index in [2.05, 4.69) is 22.4 Å². The molecule has 3 atom stereocenters. The third kappa shape index (κ3) is 1.99. The van der Waals surface area contributed by atoms with Crippen molar-refractivity contribution in [2.75, 3.05) is 6.61 Å². The van der Waals surface area contributed by atoms with Crippen LogP contribution < -0.4 is 5.32 Å². The summed E-state index contributed by atoms with van der Waals surface area (Å²) in [7, 11) is 0. The van der Waals surface area contributed by atoms with Crippen molar-refractivity contribution in [2.24, 2.45) is 5.92 Å². The number of ether oxygens (including phenoxy) is 1. The molecule has 0 spiro atoms. The zero-order chi connectivity index (χ0) is 11.0. The first-order chi connectivity index (χ1) is 7.84. The molecule has 0 amide bonds. The van der Waals surface area contributed by atoms with E-state index in [1.165, 1.54) is 12.8 Å². The molecule has 1 aromatic rings. The van der Waals surface area contributed by atoms with E-state index in [0.717, 1.165) is 24.6 Å². The monoisotopic (exact) mass is 221 g/mol. The van der Waals surface area contributed by atoms with Crippen molar-refractivity contribution in [3.05, 3.63) is 18.0 Å². The number of aromatic nitrogens is 2. The van der Waals surface area contributed by atoms with Crippen molar-refractivity contribution >= 4 is 0 Å². The van der Waals surface area contributed by atoms with Gasteiger partial charge in [-0.15, -0.1) is 0 Å². The Hall–Kier alpha value is -0.870. The largest absolute Gasteiger partial charge is 0.376 e. The van der Waals surface area contributed by atoms with Gasteiger partial charge >= 0.3 is 0 Å². The molecular formula is C12H19N3O. The van der Waals surface area contributed by atoms with Crippen molar-refractivity contribution in [3.63, 3.8) is 0 Å². The van der Waals surface area contributed by atoms with Crippen LogP contribution in [0.15, 0.2) is 12.3 Å². The Bertz CT molecular complexity index is 334. The lowest BCUT2D eigenvalue weighted by atomic mass is 10.0. The Morgan fingerprint density at radius 2 is 2.38 bits per heavy atom. The van der Waals surface area contributed by atoms with Crippen LogP contribution in [0.5, 0.6) is 0 Å². The molecule has 88 valence electrons. The number of nitrogens with zero attached hydrogens (tertiary/aromatic N) is 1. The SMILES string of the molecule is CC(NC1CCOC1C1CC1)c1ccn[nH]1. The number of hydrogen-bond donors (Lipinski definition) is 2. The summed E-state index contributed by atoms with van der Waals surface area (Å²) in [5.74, 6) is 0.814. The first-order valence-electron chi connectivity index (χ1n) is 6.21. The predicted molar refractivity (Wildman–Crippen MR) is 61.0 cm³/mol. The molecule has 1 aliphatic carbocycles. The van der Waals surface area contributed by atoms with E-state index in [9.17, 15) is 0 Å². The molecule has 3 rings (SSSR count). The van der Waals surface area contributed by atoms with E-state index in [1.807, 2.05) is 6.07 Å². The summed E-state index contributed by atoms with van der Waals surface area (Å²) in [6.07, 6.45) is 6.09. The van der Waals surface area contributed by atoms with E-state index in [0.29, 0.717) is 18.2 Å². The normalized spacial score (nSPS) is 31.8. The molecule has 0 aromatic carbocycles. The fourth-order valence-electron chi connectivity index (χ4n) is 2.60. The Labute approximate surface area is 95.8 Å². The molecule has 2 fully saturated rings. The molecular weight excluding hydrogens is 202 g/mol. The minimum Gasteiger partial charge on any atom is -0.376 e. The molecule has 1 saturated carbocycles. The van der Waals surface area contributed by atoms with E-state index >= 15 is 0 Å². The molecule has 2 aliphatic rings. The number of rotatable bonds is 4. The average molecular weight is 221 g/mol. The van der Waals surface area contributed by atoms with Gasteiger partial charge in [-0.2, -0.15) is 5.10 Å². The summed E-state index contributed by atoms with van der Waals surface area (Å²) < 4.78 is 5.82. The lowest BCUT2D eigenvalue weighted by Crippen LogP contribution is -2.39. The highest BCUT2D eigenvalue weighted by atomic mass is 16.5. The second-order valence-electron chi connectivity index (χ2n) is 4.97. The van der Waals surface area contributed by atoms with Crippen LogP contribution in [0.4, 0.5) is 0 Å². The highest BCUT2D eigenvalue weighted by molar-refractivity contribution is 5.05. The topological polar surface area (TPSA) is 49.9 Å². The maximum atomic E-state index is 5.82. The highest BCUT2D eigenvalue weighted by Crippen LogP contribution is 2.39. The van der Waals surface area contributed by atoms with E-state index in [1.54, 1.807) is 6.20 Å². The molecule has 2 heterocycles. The van der Waals surface area contributed by atoms with Crippen molar-refractivity contribution in [1.29, 1.82) is 0 Å². The van der Waals surface area contributed by atoms with Crippen LogP contribution in [0.1, 0.15) is 37.9 Å². The van der Waals surface area contributed by atoms with Gasteiger partial charge in [-0.3, -0.25) is 5.10 Å². The summed E-state index contributed by atoms with van der Waals surface area (Å²) in [6, 6.07) is 2.88. The lowest BCUT2D eigenvalue weighted by molar-refractivity contribution is 0.0792. The number of nitrogens with one attached hydrogen (secondary N) is 2. The van der Waals surface area contributed by atoms with Gasteiger partial charge in [-0.05, 0) is 38.2 Å². The van der Waals surface area contributed by atoms with Crippen LogP contribution in [-0.4, -0.2) is 29.0 Å². The minimum absolute atomic E-state index is 0.329. The van der Waals surface area contributed by atoms with Crippen LogP contribution >= 0.6 is 0 Å². The quantitative estimate of drug-likeness (QED) is 0.812. The molecule has 1 aromatic heterocycles. The molecule has 4 nitrogen and oxygen atoms in total. The molecule has 0 radical (unpaired) electrons. The van der Waals surface area contributed by atoms with Crippen molar-refractivity contribution < 1.29 is 4.74 Å². The Morgan fingerprint density at radius 1 is 1.50 bits per heavy atom. The van der Waals surface area contributed by atoms with Crippen molar-refractivity contribution in [3.8, 4) is 0 Å². The fourth-order valence-corrected chi connectivity index (χ4v) is 2.60. The van der Waals surface area contributed by atoms with Crippen LogP contribution in [0.25, 0.3) is 0 Å². The van der Waals surface area contributed by atoms with Gasteiger partial charge in [0, 0.05) is 24.9 Å². The van der Waals surface area contributed by atoms with Gasteiger partial charge in [0.15, 0.2) is 0 Å². The predicted octanol–water partition coefficient (Wildman–Crippen LogP) is 1.63. The molecule has 0 bridgehead atoms. The summed E-state index contributed by atoms with van der Waals surface area (Å²) in [5.41, 5.74) is 1.15. The zero-order valence-corrected chi connectivity index (χ0v) is 9.65. The second-order valence-corrected chi connectivity index (χ2v) is 4.97. The van der Waals surface area contributed by atoms with Gasteiger partial charge in [0.2, 0.25) is 0 Å². The van der Waals surface area contributed by atoms with Gasteiger partial charge in [0.1, 0.15) is 0 Å². The van der Waals surface area contributed by atoms with Gasteiger partial charge in [0.25, 0.3) is 0 Å². The summed E-state index contributed by atoms with van der Waals surface area (Å²) >= 11 is 0. The standard InChI is InChI=1S/C12H19N3O/c1-8(10-4-6-13-15-10)14-11-5-7-16-12(11)9-2-3-9/h4,6,8-9,11-12,14H,2-3,5,7H2,1H3,(H,13,15). The molecule has 4 heteroatoms. The number of H-pyrrole nitrogens is 1. The first kappa shape index (κ1) is 10.3. The molecule has 1 aliphatic heterocycles. The third-order valence-corrected chi connectivity index (χ3v) is 3.68. The zero-order valence-electron chi connectivity index (χ0n) is 9.65. The van der Waals surface area contributed by atoms with Crippen molar-refractivity contribution in [1.82, 2.24) is 15.5 Å². The van der Waals surface area contributed by atoms with E-state index in [-0.39, 0.29) is 0 Å².